The second kappa shape index (κ2) is 9.59. The molecule has 2 aromatic carbocycles. The van der Waals surface area contributed by atoms with Gasteiger partial charge in [0.2, 0.25) is 5.69 Å². The number of halogens is 1. The Morgan fingerprint density at radius 3 is 2.35 bits per heavy atom. The highest BCUT2D eigenvalue weighted by Gasteiger charge is 2.44. The van der Waals surface area contributed by atoms with E-state index < -0.39 is 9.84 Å². The third-order valence-corrected chi connectivity index (χ3v) is 9.13. The molecule has 6 heteroatoms. The molecule has 0 radical (unpaired) electrons. The van der Waals surface area contributed by atoms with Gasteiger partial charge in [0, 0.05) is 52.3 Å². The van der Waals surface area contributed by atoms with Crippen molar-refractivity contribution in [3.63, 3.8) is 0 Å². The number of hydrogen-bond donors (Lipinski definition) is 0. The molecule has 4 rings (SSSR count). The van der Waals surface area contributed by atoms with Crippen molar-refractivity contribution in [2.75, 3.05) is 24.2 Å². The van der Waals surface area contributed by atoms with Gasteiger partial charge in [-0.2, -0.15) is 4.58 Å². The molecule has 0 unspecified atom stereocenters. The third kappa shape index (κ3) is 4.72. The normalized spacial score (nSPS) is 19.8. The van der Waals surface area contributed by atoms with Crippen molar-refractivity contribution in [3.8, 4) is 0 Å². The number of anilines is 1. The van der Waals surface area contributed by atoms with Crippen LogP contribution in [0.25, 0.3) is 0 Å². The molecule has 0 amide bonds. The Bertz CT molecular complexity index is 1490. The van der Waals surface area contributed by atoms with Crippen molar-refractivity contribution in [2.24, 2.45) is 0 Å². The number of benzene rings is 2. The van der Waals surface area contributed by atoms with E-state index in [1.807, 2.05) is 24.3 Å². The van der Waals surface area contributed by atoms with Crippen molar-refractivity contribution < 1.29 is 13.0 Å². The van der Waals surface area contributed by atoms with E-state index in [-0.39, 0.29) is 10.8 Å². The first kappa shape index (κ1) is 27.4. The van der Waals surface area contributed by atoms with Gasteiger partial charge < -0.3 is 4.90 Å². The minimum Gasteiger partial charge on any atom is -0.344 e. The monoisotopic (exact) mass is 537 g/mol. The number of allylic oxidation sites excluding steroid dienone is 6. The molecule has 2 aliphatic rings. The van der Waals surface area contributed by atoms with Gasteiger partial charge in [-0.3, -0.25) is 0 Å². The average Bonchev–Trinajstić information content (AvgIpc) is 3.17. The van der Waals surface area contributed by atoms with Crippen LogP contribution in [0.2, 0.25) is 0 Å². The molecular formula is C31H38ClN2O2S+. The summed E-state index contributed by atoms with van der Waals surface area (Å²) in [5.41, 5.74) is 7.77. The zero-order chi connectivity index (χ0) is 27.3. The fraction of sp³-hybridized carbons (Fsp3) is 0.387. The molecule has 2 aromatic rings. The van der Waals surface area contributed by atoms with E-state index in [1.165, 1.54) is 28.8 Å². The van der Waals surface area contributed by atoms with Crippen LogP contribution in [0, 0.1) is 6.92 Å². The molecule has 0 saturated heterocycles. The van der Waals surface area contributed by atoms with E-state index in [1.54, 1.807) is 6.07 Å². The van der Waals surface area contributed by atoms with Crippen molar-refractivity contribution in [1.29, 1.82) is 0 Å². The number of nitrogens with zero attached hydrogens (tertiary/aromatic N) is 2. The van der Waals surface area contributed by atoms with Gasteiger partial charge in [0.25, 0.3) is 0 Å². The minimum absolute atomic E-state index is 0.116. The zero-order valence-electron chi connectivity index (χ0n) is 23.2. The lowest BCUT2D eigenvalue weighted by molar-refractivity contribution is -0.433. The van der Waals surface area contributed by atoms with E-state index in [9.17, 15) is 8.42 Å². The molecule has 37 heavy (non-hydrogen) atoms. The highest BCUT2D eigenvalue weighted by atomic mass is 35.5. The maximum atomic E-state index is 12.2. The highest BCUT2D eigenvalue weighted by molar-refractivity contribution is 7.90. The van der Waals surface area contributed by atoms with E-state index in [4.69, 9.17) is 11.6 Å². The molecule has 0 spiro atoms. The fourth-order valence-corrected chi connectivity index (χ4v) is 6.50. The van der Waals surface area contributed by atoms with Crippen LogP contribution in [0.3, 0.4) is 0 Å². The molecule has 0 fully saturated rings. The van der Waals surface area contributed by atoms with Crippen LogP contribution in [-0.2, 0) is 20.7 Å². The van der Waals surface area contributed by atoms with Crippen LogP contribution in [-0.4, -0.2) is 38.1 Å². The van der Waals surface area contributed by atoms with E-state index in [0.29, 0.717) is 9.93 Å². The standard InChI is InChI=1S/C31H38ClN2O2S/c1-9-33-26-15-11-21(3)19-24(26)30(4,5)28(33)17-12-22(32)13-18-29-31(6,7)25-20-23(37(8,35)36)14-16-27(25)34(29)10-2/h11-20H,9-10H2,1-8H3/q+1. The number of aryl methyl sites for hydroxylation is 1. The quantitative estimate of drug-likeness (QED) is 0.289. The van der Waals surface area contributed by atoms with Crippen LogP contribution in [0.1, 0.15) is 58.2 Å². The number of rotatable bonds is 6. The second-order valence-corrected chi connectivity index (χ2v) is 13.5. The lowest BCUT2D eigenvalue weighted by atomic mass is 9.81. The lowest BCUT2D eigenvalue weighted by Gasteiger charge is -2.25. The van der Waals surface area contributed by atoms with E-state index in [0.717, 1.165) is 30.1 Å². The summed E-state index contributed by atoms with van der Waals surface area (Å²) in [6, 6.07) is 12.1. The summed E-state index contributed by atoms with van der Waals surface area (Å²) in [4.78, 5) is 2.71. The summed E-state index contributed by atoms with van der Waals surface area (Å²) in [6.07, 6.45) is 9.38. The topological polar surface area (TPSA) is 40.4 Å². The largest absolute Gasteiger partial charge is 0.344 e. The fourth-order valence-electron chi connectivity index (χ4n) is 5.73. The Labute approximate surface area is 227 Å². The number of likely N-dealkylation sites (N-methyl/N-ethyl adjacent to an activating group) is 1. The molecule has 2 heterocycles. The lowest BCUT2D eigenvalue weighted by Crippen LogP contribution is -2.27. The maximum Gasteiger partial charge on any atom is 0.209 e. The third-order valence-electron chi connectivity index (χ3n) is 7.77. The molecule has 0 aromatic heterocycles. The van der Waals surface area contributed by atoms with Crippen LogP contribution in [0.4, 0.5) is 11.4 Å². The predicted octanol–water partition coefficient (Wildman–Crippen LogP) is 7.18. The van der Waals surface area contributed by atoms with Gasteiger partial charge in [0.15, 0.2) is 15.5 Å². The molecule has 2 aliphatic heterocycles. The minimum atomic E-state index is -3.28. The number of hydrogen-bond acceptors (Lipinski definition) is 3. The van der Waals surface area contributed by atoms with Crippen molar-refractivity contribution in [1.82, 2.24) is 0 Å². The van der Waals surface area contributed by atoms with Crippen LogP contribution in [0.15, 0.2) is 76.3 Å². The zero-order valence-corrected chi connectivity index (χ0v) is 24.8. The number of fused-ring (bicyclic) bond motifs is 2. The summed E-state index contributed by atoms with van der Waals surface area (Å²) >= 11 is 6.74. The van der Waals surface area contributed by atoms with Gasteiger partial charge in [-0.05, 0) is 76.6 Å². The van der Waals surface area contributed by atoms with Gasteiger partial charge >= 0.3 is 0 Å². The smallest absolute Gasteiger partial charge is 0.209 e. The molecule has 0 bridgehead atoms. The molecule has 0 saturated carbocycles. The Hall–Kier alpha value is -2.63. The first-order valence-electron chi connectivity index (χ1n) is 12.9. The van der Waals surface area contributed by atoms with Crippen LogP contribution < -0.4 is 4.90 Å². The highest BCUT2D eigenvalue weighted by Crippen LogP contribution is 2.48. The van der Waals surface area contributed by atoms with Crippen molar-refractivity contribution in [3.05, 3.63) is 88.1 Å². The van der Waals surface area contributed by atoms with E-state index >= 15 is 0 Å². The van der Waals surface area contributed by atoms with Gasteiger partial charge in [-0.25, -0.2) is 8.42 Å². The Morgan fingerprint density at radius 1 is 1.03 bits per heavy atom. The molecule has 0 N–H and O–H groups in total. The van der Waals surface area contributed by atoms with Gasteiger partial charge in [-0.1, -0.05) is 43.1 Å². The van der Waals surface area contributed by atoms with Crippen molar-refractivity contribution >= 4 is 38.5 Å². The van der Waals surface area contributed by atoms with E-state index in [2.05, 4.69) is 88.3 Å². The average molecular weight is 538 g/mol. The molecule has 196 valence electrons. The molecular weight excluding hydrogens is 500 g/mol. The first-order valence-corrected chi connectivity index (χ1v) is 15.1. The molecule has 0 atom stereocenters. The van der Waals surface area contributed by atoms with Crippen LogP contribution >= 0.6 is 11.6 Å². The molecule has 0 aliphatic carbocycles. The Morgan fingerprint density at radius 2 is 1.73 bits per heavy atom. The summed E-state index contributed by atoms with van der Waals surface area (Å²) in [6.45, 7) is 16.9. The SMILES string of the molecule is CCN1C(=CC=C(Cl)C=CC2=[N+](CC)c3ccc(S(C)(=O)=O)cc3C2(C)C)C(C)(C)c2cc(C)ccc21. The second-order valence-electron chi connectivity index (χ2n) is 11.0. The summed E-state index contributed by atoms with van der Waals surface area (Å²) in [5, 5.41) is 0.638. The number of sulfone groups is 1. The summed E-state index contributed by atoms with van der Waals surface area (Å²) in [5.74, 6) is 0. The summed E-state index contributed by atoms with van der Waals surface area (Å²) in [7, 11) is -3.28. The van der Waals surface area contributed by atoms with Crippen molar-refractivity contribution in [2.45, 2.75) is 64.2 Å². The van der Waals surface area contributed by atoms with Gasteiger partial charge in [-0.15, -0.1) is 0 Å². The first-order chi connectivity index (χ1) is 17.2. The maximum absolute atomic E-state index is 12.2. The van der Waals surface area contributed by atoms with Gasteiger partial charge in [0.1, 0.15) is 6.54 Å². The summed E-state index contributed by atoms with van der Waals surface area (Å²) < 4.78 is 26.6. The van der Waals surface area contributed by atoms with Gasteiger partial charge in [0.05, 0.1) is 10.3 Å². The molecule has 4 nitrogen and oxygen atoms in total. The Balaban J connectivity index is 1.68. The van der Waals surface area contributed by atoms with Crippen LogP contribution in [0.5, 0.6) is 0 Å². The Kier molecular flexibility index (Phi) is 7.11. The predicted molar refractivity (Wildman–Crippen MR) is 156 cm³/mol.